The van der Waals surface area contributed by atoms with Gasteiger partial charge < -0.3 is 15.1 Å². The summed E-state index contributed by atoms with van der Waals surface area (Å²) in [6, 6.07) is 13.2. The molecule has 0 aliphatic heterocycles. The van der Waals surface area contributed by atoms with Gasteiger partial charge in [-0.25, -0.2) is 4.39 Å². The molecular weight excluding hydrogens is 357 g/mol. The Kier molecular flexibility index (Phi) is 7.12. The van der Waals surface area contributed by atoms with E-state index in [9.17, 15) is 14.0 Å². The molecule has 0 saturated carbocycles. The third-order valence-electron chi connectivity index (χ3n) is 3.83. The Hall–Kier alpha value is -2.44. The Morgan fingerprint density at radius 3 is 2.42 bits per heavy atom. The number of anilines is 1. The van der Waals surface area contributed by atoms with Gasteiger partial charge in [-0.2, -0.15) is 0 Å². The highest BCUT2D eigenvalue weighted by Crippen LogP contribution is 2.13. The predicted molar refractivity (Wildman–Crippen MR) is 99.6 cm³/mol. The highest BCUT2D eigenvalue weighted by atomic mass is 35.5. The van der Waals surface area contributed by atoms with Crippen LogP contribution in [0.15, 0.2) is 48.5 Å². The number of benzene rings is 2. The number of amides is 2. The first-order valence-corrected chi connectivity index (χ1v) is 8.57. The maximum atomic E-state index is 13.7. The van der Waals surface area contributed by atoms with E-state index in [1.165, 1.54) is 11.0 Å². The molecule has 26 heavy (non-hydrogen) atoms. The van der Waals surface area contributed by atoms with Gasteiger partial charge in [0.25, 0.3) is 11.8 Å². The van der Waals surface area contributed by atoms with Crippen LogP contribution in [0.2, 0.25) is 5.02 Å². The summed E-state index contributed by atoms with van der Waals surface area (Å²) in [5.41, 5.74) is 1.11. The predicted octanol–water partition coefficient (Wildman–Crippen LogP) is 1.59. The van der Waals surface area contributed by atoms with Crippen LogP contribution in [0.1, 0.15) is 5.56 Å². The highest BCUT2D eigenvalue weighted by molar-refractivity contribution is 6.30. The van der Waals surface area contributed by atoms with Crippen LogP contribution >= 0.6 is 11.6 Å². The van der Waals surface area contributed by atoms with Crippen molar-refractivity contribution in [2.75, 3.05) is 32.5 Å². The average Bonchev–Trinajstić information content (AvgIpc) is 2.58. The Morgan fingerprint density at radius 1 is 1.12 bits per heavy atom. The normalized spacial score (nSPS) is 11.7. The second-order valence-electron chi connectivity index (χ2n) is 6.21. The largest absolute Gasteiger partial charge is 0.336 e. The summed E-state index contributed by atoms with van der Waals surface area (Å²) in [5, 5.41) is 3.35. The second-order valence-corrected chi connectivity index (χ2v) is 6.64. The first kappa shape index (κ1) is 19.9. The summed E-state index contributed by atoms with van der Waals surface area (Å²) in [6.07, 6.45) is 0. The third-order valence-corrected chi connectivity index (χ3v) is 4.09. The molecule has 0 aromatic heterocycles. The zero-order valence-corrected chi connectivity index (χ0v) is 15.5. The average molecular weight is 379 g/mol. The molecule has 1 unspecified atom stereocenters. The highest BCUT2D eigenvalue weighted by Gasteiger charge is 2.18. The number of carbonyl (C=O) groups excluding carboxylic acids is 2. The molecule has 0 saturated heterocycles. The molecule has 1 atom stereocenters. The maximum absolute atomic E-state index is 13.7. The van der Waals surface area contributed by atoms with Gasteiger partial charge in [-0.05, 0) is 30.3 Å². The molecule has 2 rings (SSSR count). The Bertz CT molecular complexity index is 768. The number of hydrogen-bond acceptors (Lipinski definition) is 2. The van der Waals surface area contributed by atoms with Gasteiger partial charge in [0.1, 0.15) is 5.82 Å². The van der Waals surface area contributed by atoms with Gasteiger partial charge in [-0.3, -0.25) is 9.59 Å². The molecule has 0 radical (unpaired) electrons. The fourth-order valence-corrected chi connectivity index (χ4v) is 2.56. The molecule has 0 heterocycles. The zero-order valence-electron chi connectivity index (χ0n) is 14.8. The maximum Gasteiger partial charge on any atom is 0.279 e. The topological polar surface area (TPSA) is 53.9 Å². The van der Waals surface area contributed by atoms with E-state index in [0.29, 0.717) is 16.3 Å². The summed E-state index contributed by atoms with van der Waals surface area (Å²) in [4.78, 5) is 26.5. The van der Waals surface area contributed by atoms with Crippen molar-refractivity contribution < 1.29 is 18.9 Å². The molecule has 0 spiro atoms. The SMILES string of the molecule is CN(Cc1ccccc1F)C(=O)C[NH+](C)CC(=O)Nc1ccc(Cl)cc1. The Labute approximate surface area is 157 Å². The van der Waals surface area contributed by atoms with Crippen molar-refractivity contribution in [1.29, 1.82) is 0 Å². The molecule has 2 aromatic rings. The molecule has 2 N–H and O–H groups in total. The fourth-order valence-electron chi connectivity index (χ4n) is 2.44. The number of nitrogens with zero attached hydrogens (tertiary/aromatic N) is 1. The minimum absolute atomic E-state index is 0.138. The minimum Gasteiger partial charge on any atom is -0.336 e. The van der Waals surface area contributed by atoms with Crippen molar-refractivity contribution in [3.05, 3.63) is 64.9 Å². The van der Waals surface area contributed by atoms with Crippen LogP contribution in [0.5, 0.6) is 0 Å². The van der Waals surface area contributed by atoms with E-state index >= 15 is 0 Å². The van der Waals surface area contributed by atoms with Gasteiger partial charge >= 0.3 is 0 Å². The van der Waals surface area contributed by atoms with E-state index in [-0.39, 0.29) is 37.3 Å². The first-order chi connectivity index (χ1) is 12.3. The molecule has 138 valence electrons. The van der Waals surface area contributed by atoms with E-state index in [2.05, 4.69) is 5.32 Å². The standard InChI is InChI=1S/C19H21ClFN3O2/c1-23(12-18(25)22-16-9-7-15(20)8-10-16)13-19(26)24(2)11-14-5-3-4-6-17(14)21/h3-10H,11-13H2,1-2H3,(H,22,25)/p+1. The van der Waals surface area contributed by atoms with E-state index in [4.69, 9.17) is 11.6 Å². The van der Waals surface area contributed by atoms with Gasteiger partial charge in [0, 0.05) is 29.9 Å². The van der Waals surface area contributed by atoms with E-state index < -0.39 is 0 Å². The lowest BCUT2D eigenvalue weighted by Gasteiger charge is -2.20. The van der Waals surface area contributed by atoms with E-state index in [0.717, 1.165) is 4.90 Å². The van der Waals surface area contributed by atoms with Gasteiger partial charge in [0.2, 0.25) is 0 Å². The fraction of sp³-hybridized carbons (Fsp3) is 0.263. The number of rotatable bonds is 7. The number of quaternary nitrogens is 1. The number of likely N-dealkylation sites (N-methyl/N-ethyl adjacent to an activating group) is 2. The molecule has 5 nitrogen and oxygen atoms in total. The number of hydrogen-bond donors (Lipinski definition) is 2. The van der Waals surface area contributed by atoms with Crippen LogP contribution < -0.4 is 10.2 Å². The van der Waals surface area contributed by atoms with Crippen molar-refractivity contribution in [3.8, 4) is 0 Å². The van der Waals surface area contributed by atoms with Crippen molar-refractivity contribution in [2.45, 2.75) is 6.54 Å². The van der Waals surface area contributed by atoms with Crippen LogP contribution in [0.25, 0.3) is 0 Å². The van der Waals surface area contributed by atoms with Crippen LogP contribution in [0, 0.1) is 5.82 Å². The molecule has 2 aromatic carbocycles. The van der Waals surface area contributed by atoms with Gasteiger partial charge in [0.15, 0.2) is 13.1 Å². The molecule has 0 fully saturated rings. The van der Waals surface area contributed by atoms with Crippen LogP contribution in [-0.2, 0) is 16.1 Å². The van der Waals surface area contributed by atoms with Crippen LogP contribution in [-0.4, -0.2) is 43.9 Å². The molecule has 0 aliphatic rings. The lowest BCUT2D eigenvalue weighted by atomic mass is 10.2. The number of carbonyl (C=O) groups is 2. The second kappa shape index (κ2) is 9.31. The lowest BCUT2D eigenvalue weighted by molar-refractivity contribution is -0.862. The van der Waals surface area contributed by atoms with Crippen molar-refractivity contribution >= 4 is 29.1 Å². The first-order valence-electron chi connectivity index (χ1n) is 8.19. The number of halogens is 2. The smallest absolute Gasteiger partial charge is 0.279 e. The molecular formula is C19H22ClFN3O2+. The summed E-state index contributed by atoms with van der Waals surface area (Å²) in [5.74, 6) is -0.699. The summed E-state index contributed by atoms with van der Waals surface area (Å²) >= 11 is 5.80. The monoisotopic (exact) mass is 378 g/mol. The molecule has 2 amide bonds. The summed E-state index contributed by atoms with van der Waals surface area (Å²) < 4.78 is 13.7. The van der Waals surface area contributed by atoms with Gasteiger partial charge in [0.05, 0.1) is 7.05 Å². The lowest BCUT2D eigenvalue weighted by Crippen LogP contribution is -3.11. The molecule has 7 heteroatoms. The van der Waals surface area contributed by atoms with Crippen molar-refractivity contribution in [2.24, 2.45) is 0 Å². The summed E-state index contributed by atoms with van der Waals surface area (Å²) in [7, 11) is 3.38. The van der Waals surface area contributed by atoms with Crippen LogP contribution in [0.3, 0.4) is 0 Å². The minimum atomic E-state index is -0.338. The molecule has 0 aliphatic carbocycles. The van der Waals surface area contributed by atoms with Crippen molar-refractivity contribution in [3.63, 3.8) is 0 Å². The van der Waals surface area contributed by atoms with E-state index in [1.54, 1.807) is 56.6 Å². The Morgan fingerprint density at radius 2 is 1.77 bits per heavy atom. The Balaban J connectivity index is 1.81. The third kappa shape index (κ3) is 6.13. The zero-order chi connectivity index (χ0) is 19.1. The summed E-state index contributed by atoms with van der Waals surface area (Å²) in [6.45, 7) is 0.469. The van der Waals surface area contributed by atoms with Gasteiger partial charge in [-0.1, -0.05) is 29.8 Å². The quantitative estimate of drug-likeness (QED) is 0.768. The van der Waals surface area contributed by atoms with Crippen molar-refractivity contribution in [1.82, 2.24) is 4.90 Å². The van der Waals surface area contributed by atoms with Crippen LogP contribution in [0.4, 0.5) is 10.1 Å². The number of nitrogens with one attached hydrogen (secondary N) is 2. The van der Waals surface area contributed by atoms with E-state index in [1.807, 2.05) is 0 Å². The molecule has 0 bridgehead atoms. The van der Waals surface area contributed by atoms with Gasteiger partial charge in [-0.15, -0.1) is 0 Å².